The Kier molecular flexibility index (Phi) is 6.50. The van der Waals surface area contributed by atoms with E-state index in [1.54, 1.807) is 7.11 Å². The van der Waals surface area contributed by atoms with Crippen LogP contribution in [0.3, 0.4) is 0 Å². The molecule has 5 nitrogen and oxygen atoms in total. The minimum atomic E-state index is 0.183. The summed E-state index contributed by atoms with van der Waals surface area (Å²) in [7, 11) is 1.69. The topological polar surface area (TPSA) is 63.4 Å². The number of aldehydes is 1. The van der Waals surface area contributed by atoms with Crippen molar-refractivity contribution in [2.75, 3.05) is 20.3 Å². The van der Waals surface area contributed by atoms with E-state index in [9.17, 15) is 4.79 Å². The number of aromatic nitrogens is 1. The normalized spacial score (nSPS) is 11.1. The van der Waals surface area contributed by atoms with Crippen molar-refractivity contribution in [3.05, 3.63) is 63.8 Å². The first-order valence-electron chi connectivity index (χ1n) is 8.83. The van der Waals surface area contributed by atoms with E-state index in [1.165, 1.54) is 16.5 Å². The number of ether oxygens (including phenoxy) is 1. The Morgan fingerprint density at radius 1 is 1.15 bits per heavy atom. The van der Waals surface area contributed by atoms with E-state index in [0.717, 1.165) is 46.7 Å². The van der Waals surface area contributed by atoms with Gasteiger partial charge in [-0.1, -0.05) is 23.7 Å². The van der Waals surface area contributed by atoms with Gasteiger partial charge in [-0.25, -0.2) is 0 Å². The molecule has 0 unspecified atom stereocenters. The number of fused-ring (bicyclic) bond motifs is 1. The molecule has 3 aromatic rings. The van der Waals surface area contributed by atoms with Gasteiger partial charge < -0.3 is 19.4 Å². The van der Waals surface area contributed by atoms with Gasteiger partial charge in [-0.2, -0.15) is 5.48 Å². The number of aromatic amines is 1. The largest absolute Gasteiger partial charge is 0.496 e. The smallest absolute Gasteiger partial charge is 0.136 e. The molecule has 0 saturated heterocycles. The predicted molar refractivity (Wildman–Crippen MR) is 108 cm³/mol. The fourth-order valence-electron chi connectivity index (χ4n) is 3.35. The summed E-state index contributed by atoms with van der Waals surface area (Å²) >= 11 is 6.02. The third kappa shape index (κ3) is 4.50. The molecular formula is C21H23ClN2O3. The molecule has 27 heavy (non-hydrogen) atoms. The maximum Gasteiger partial charge on any atom is 0.136 e. The standard InChI is InChI=1S/C21H23ClN2O3/c1-14-17(9-12-27-23-10-11-25)21-18(13-15-3-5-16(22)6-4-15)20(26-2)8-7-19(21)24-14/h3-8,11,23-24H,9-10,12-13H2,1-2H3. The molecule has 2 N–H and O–H groups in total. The zero-order valence-corrected chi connectivity index (χ0v) is 16.2. The van der Waals surface area contributed by atoms with Crippen molar-refractivity contribution in [2.45, 2.75) is 19.8 Å². The van der Waals surface area contributed by atoms with Crippen molar-refractivity contribution < 1.29 is 14.4 Å². The van der Waals surface area contributed by atoms with Crippen LogP contribution in [-0.4, -0.2) is 31.5 Å². The lowest BCUT2D eigenvalue weighted by atomic mass is 9.96. The van der Waals surface area contributed by atoms with Crippen molar-refractivity contribution in [1.82, 2.24) is 10.5 Å². The maximum absolute atomic E-state index is 10.4. The Labute approximate surface area is 163 Å². The van der Waals surface area contributed by atoms with Crippen LogP contribution >= 0.6 is 11.6 Å². The number of H-pyrrole nitrogens is 1. The van der Waals surface area contributed by atoms with Gasteiger partial charge in [0, 0.05) is 40.0 Å². The second kappa shape index (κ2) is 9.04. The van der Waals surface area contributed by atoms with Gasteiger partial charge in [-0.05, 0) is 42.3 Å². The molecule has 0 bridgehead atoms. The molecule has 0 aliphatic heterocycles. The third-order valence-corrected chi connectivity index (χ3v) is 4.84. The van der Waals surface area contributed by atoms with E-state index < -0.39 is 0 Å². The van der Waals surface area contributed by atoms with Gasteiger partial charge in [-0.15, -0.1) is 0 Å². The highest BCUT2D eigenvalue weighted by Crippen LogP contribution is 2.34. The number of aryl methyl sites for hydroxylation is 1. The fraction of sp³-hybridized carbons (Fsp3) is 0.286. The van der Waals surface area contributed by atoms with Gasteiger partial charge in [0.15, 0.2) is 0 Å². The van der Waals surface area contributed by atoms with E-state index in [0.29, 0.717) is 6.61 Å². The summed E-state index contributed by atoms with van der Waals surface area (Å²) in [6.07, 6.45) is 2.23. The first-order valence-corrected chi connectivity index (χ1v) is 9.21. The number of halogens is 1. The number of rotatable bonds is 9. The number of hydrogen-bond donors (Lipinski definition) is 2. The Balaban J connectivity index is 1.96. The van der Waals surface area contributed by atoms with Crippen molar-refractivity contribution in [3.63, 3.8) is 0 Å². The van der Waals surface area contributed by atoms with Crippen LogP contribution in [0.25, 0.3) is 10.9 Å². The molecule has 0 aliphatic carbocycles. The predicted octanol–water partition coefficient (Wildman–Crippen LogP) is 3.99. The van der Waals surface area contributed by atoms with Crippen molar-refractivity contribution in [3.8, 4) is 5.75 Å². The average molecular weight is 387 g/mol. The number of hydrogen-bond acceptors (Lipinski definition) is 4. The quantitative estimate of drug-likeness (QED) is 0.331. The van der Waals surface area contributed by atoms with E-state index in [4.69, 9.17) is 21.2 Å². The molecule has 1 heterocycles. The number of hydroxylamine groups is 1. The molecule has 2 aromatic carbocycles. The van der Waals surface area contributed by atoms with Crippen LogP contribution < -0.4 is 10.2 Å². The summed E-state index contributed by atoms with van der Waals surface area (Å²) in [4.78, 5) is 19.2. The van der Waals surface area contributed by atoms with Crippen LogP contribution in [0.1, 0.15) is 22.4 Å². The first kappa shape index (κ1) is 19.4. The van der Waals surface area contributed by atoms with Crippen molar-refractivity contribution in [1.29, 1.82) is 0 Å². The lowest BCUT2D eigenvalue weighted by Gasteiger charge is -2.13. The average Bonchev–Trinajstić information content (AvgIpc) is 2.99. The van der Waals surface area contributed by atoms with Crippen LogP contribution in [0.15, 0.2) is 36.4 Å². The van der Waals surface area contributed by atoms with Crippen LogP contribution in [0.5, 0.6) is 5.75 Å². The number of benzene rings is 2. The number of carbonyl (C=O) groups excluding carboxylic acids is 1. The molecule has 1 aromatic heterocycles. The Morgan fingerprint density at radius 3 is 2.63 bits per heavy atom. The summed E-state index contributed by atoms with van der Waals surface area (Å²) in [5, 5.41) is 1.89. The molecule has 3 rings (SSSR count). The molecule has 0 aliphatic rings. The van der Waals surface area contributed by atoms with E-state index in [2.05, 4.69) is 17.4 Å². The van der Waals surface area contributed by atoms with Gasteiger partial charge in [0.25, 0.3) is 0 Å². The second-order valence-electron chi connectivity index (χ2n) is 6.31. The molecule has 0 saturated carbocycles. The monoisotopic (exact) mass is 386 g/mol. The SMILES string of the molecule is COc1ccc2[nH]c(C)c(CCONCC=O)c2c1Cc1ccc(Cl)cc1. The highest BCUT2D eigenvalue weighted by atomic mass is 35.5. The van der Waals surface area contributed by atoms with Crippen LogP contribution in [0.4, 0.5) is 0 Å². The van der Waals surface area contributed by atoms with E-state index >= 15 is 0 Å². The van der Waals surface area contributed by atoms with Crippen LogP contribution in [0, 0.1) is 6.92 Å². The minimum Gasteiger partial charge on any atom is -0.496 e. The molecule has 0 fully saturated rings. The number of carbonyl (C=O) groups is 1. The fourth-order valence-corrected chi connectivity index (χ4v) is 3.47. The number of nitrogens with one attached hydrogen (secondary N) is 2. The van der Waals surface area contributed by atoms with Gasteiger partial charge in [0.2, 0.25) is 0 Å². The van der Waals surface area contributed by atoms with Gasteiger partial charge in [0.1, 0.15) is 12.0 Å². The van der Waals surface area contributed by atoms with E-state index in [-0.39, 0.29) is 6.54 Å². The summed E-state index contributed by atoms with van der Waals surface area (Å²) < 4.78 is 5.65. The maximum atomic E-state index is 10.4. The van der Waals surface area contributed by atoms with Gasteiger partial charge in [0.05, 0.1) is 20.3 Å². The molecule has 0 radical (unpaired) electrons. The Hall–Kier alpha value is -2.34. The van der Waals surface area contributed by atoms with Gasteiger partial charge in [-0.3, -0.25) is 0 Å². The summed E-state index contributed by atoms with van der Waals surface area (Å²) in [6, 6.07) is 11.9. The molecule has 0 atom stereocenters. The zero-order valence-electron chi connectivity index (χ0n) is 15.5. The summed E-state index contributed by atoms with van der Waals surface area (Å²) in [5.74, 6) is 0.859. The highest BCUT2D eigenvalue weighted by molar-refractivity contribution is 6.30. The lowest BCUT2D eigenvalue weighted by Crippen LogP contribution is -2.18. The third-order valence-electron chi connectivity index (χ3n) is 4.58. The lowest BCUT2D eigenvalue weighted by molar-refractivity contribution is -0.109. The summed E-state index contributed by atoms with van der Waals surface area (Å²) in [6.45, 7) is 2.72. The molecule has 6 heteroatoms. The van der Waals surface area contributed by atoms with Crippen LogP contribution in [0.2, 0.25) is 5.02 Å². The summed E-state index contributed by atoms with van der Waals surface area (Å²) in [5.41, 5.74) is 8.31. The van der Waals surface area contributed by atoms with Crippen molar-refractivity contribution >= 4 is 28.8 Å². The Morgan fingerprint density at radius 2 is 1.93 bits per heavy atom. The Bertz CT molecular complexity index is 919. The molecule has 142 valence electrons. The molecular weight excluding hydrogens is 364 g/mol. The van der Waals surface area contributed by atoms with E-state index in [1.807, 2.05) is 36.4 Å². The first-order chi connectivity index (χ1) is 13.1. The molecule has 0 spiro atoms. The second-order valence-corrected chi connectivity index (χ2v) is 6.75. The van der Waals surface area contributed by atoms with Crippen molar-refractivity contribution in [2.24, 2.45) is 0 Å². The highest BCUT2D eigenvalue weighted by Gasteiger charge is 2.17. The zero-order chi connectivity index (χ0) is 19.2. The minimum absolute atomic E-state index is 0.183. The van der Waals surface area contributed by atoms with Crippen LogP contribution in [-0.2, 0) is 22.5 Å². The van der Waals surface area contributed by atoms with Gasteiger partial charge >= 0.3 is 0 Å². The molecule has 0 amide bonds. The number of methoxy groups -OCH3 is 1.